The molecule has 0 aliphatic rings. The molecular formula is C13H8F3NOS. The Morgan fingerprint density at radius 2 is 1.63 bits per heavy atom. The molecule has 0 spiro atoms. The maximum atomic E-state index is 13.0. The van der Waals surface area contributed by atoms with Gasteiger partial charge in [0.25, 0.3) is 5.91 Å². The summed E-state index contributed by atoms with van der Waals surface area (Å²) in [4.78, 5) is 12.3. The number of amides is 1. The minimum atomic E-state index is -1.58. The first kappa shape index (κ1) is 13.5. The molecule has 2 aromatic carbocycles. The van der Waals surface area contributed by atoms with Crippen molar-refractivity contribution in [2.45, 2.75) is 4.90 Å². The Kier molecular flexibility index (Phi) is 3.80. The summed E-state index contributed by atoms with van der Waals surface area (Å²) < 4.78 is 38.7. The van der Waals surface area contributed by atoms with Crippen molar-refractivity contribution in [2.75, 3.05) is 5.32 Å². The van der Waals surface area contributed by atoms with E-state index in [0.717, 1.165) is 0 Å². The quantitative estimate of drug-likeness (QED) is 0.639. The lowest BCUT2D eigenvalue weighted by atomic mass is 10.2. The molecule has 0 aliphatic carbocycles. The first-order chi connectivity index (χ1) is 8.99. The highest BCUT2D eigenvalue weighted by atomic mass is 32.1. The zero-order valence-corrected chi connectivity index (χ0v) is 10.3. The van der Waals surface area contributed by atoms with Gasteiger partial charge in [-0.1, -0.05) is 12.1 Å². The number of hydrogen-bond donors (Lipinski definition) is 2. The van der Waals surface area contributed by atoms with Crippen LogP contribution in [0.25, 0.3) is 0 Å². The molecule has 0 bridgehead atoms. The van der Waals surface area contributed by atoms with E-state index in [-0.39, 0.29) is 11.3 Å². The zero-order valence-electron chi connectivity index (χ0n) is 9.45. The molecule has 0 saturated carbocycles. The van der Waals surface area contributed by atoms with Crippen molar-refractivity contribution in [1.82, 2.24) is 0 Å². The van der Waals surface area contributed by atoms with E-state index in [4.69, 9.17) is 0 Å². The van der Waals surface area contributed by atoms with E-state index in [1.165, 1.54) is 6.07 Å². The first-order valence-electron chi connectivity index (χ1n) is 5.23. The van der Waals surface area contributed by atoms with Gasteiger partial charge in [0.05, 0.1) is 5.56 Å². The molecule has 0 unspecified atom stereocenters. The summed E-state index contributed by atoms with van der Waals surface area (Å²) in [5.41, 5.74) is 0.0777. The number of anilines is 1. The summed E-state index contributed by atoms with van der Waals surface area (Å²) in [7, 11) is 0. The molecule has 1 amide bonds. The summed E-state index contributed by atoms with van der Waals surface area (Å²) in [5, 5.41) is 2.27. The fourth-order valence-corrected chi connectivity index (χ4v) is 1.75. The number of nitrogens with one attached hydrogen (secondary N) is 1. The normalized spacial score (nSPS) is 10.3. The van der Waals surface area contributed by atoms with E-state index >= 15 is 0 Å². The van der Waals surface area contributed by atoms with Crippen LogP contribution >= 0.6 is 12.6 Å². The van der Waals surface area contributed by atoms with E-state index in [1.807, 2.05) is 0 Å². The maximum absolute atomic E-state index is 13.0. The van der Waals surface area contributed by atoms with Crippen molar-refractivity contribution in [3.8, 4) is 0 Å². The predicted octanol–water partition coefficient (Wildman–Crippen LogP) is 3.64. The third-order valence-electron chi connectivity index (χ3n) is 2.39. The van der Waals surface area contributed by atoms with Crippen molar-refractivity contribution in [3.05, 3.63) is 59.4 Å². The van der Waals surface area contributed by atoms with Gasteiger partial charge in [-0.25, -0.2) is 13.2 Å². The smallest absolute Gasteiger partial charge is 0.256 e. The fraction of sp³-hybridized carbons (Fsp3) is 0. The minimum Gasteiger partial charge on any atom is -0.322 e. The molecule has 98 valence electrons. The lowest BCUT2D eigenvalue weighted by Gasteiger charge is -2.07. The van der Waals surface area contributed by atoms with Crippen LogP contribution in [-0.2, 0) is 0 Å². The third kappa shape index (κ3) is 2.90. The van der Waals surface area contributed by atoms with E-state index in [2.05, 4.69) is 17.9 Å². The van der Waals surface area contributed by atoms with Crippen LogP contribution in [0.15, 0.2) is 41.3 Å². The van der Waals surface area contributed by atoms with Gasteiger partial charge in [-0.05, 0) is 12.1 Å². The Hall–Kier alpha value is -1.95. The molecule has 19 heavy (non-hydrogen) atoms. The van der Waals surface area contributed by atoms with E-state index in [0.29, 0.717) is 17.0 Å². The first-order valence-corrected chi connectivity index (χ1v) is 5.67. The van der Waals surface area contributed by atoms with Gasteiger partial charge in [0, 0.05) is 22.7 Å². The van der Waals surface area contributed by atoms with Gasteiger partial charge < -0.3 is 5.32 Å². The number of hydrogen-bond acceptors (Lipinski definition) is 2. The zero-order chi connectivity index (χ0) is 14.0. The van der Waals surface area contributed by atoms with Crippen molar-refractivity contribution >= 4 is 24.2 Å². The molecule has 1 N–H and O–H groups in total. The van der Waals surface area contributed by atoms with Crippen LogP contribution in [0.1, 0.15) is 10.4 Å². The van der Waals surface area contributed by atoms with Crippen molar-refractivity contribution in [3.63, 3.8) is 0 Å². The largest absolute Gasteiger partial charge is 0.322 e. The second-order valence-electron chi connectivity index (χ2n) is 3.73. The van der Waals surface area contributed by atoms with Gasteiger partial charge in [0.2, 0.25) is 0 Å². The Morgan fingerprint density at radius 1 is 1.05 bits per heavy atom. The van der Waals surface area contributed by atoms with Crippen LogP contribution in [0.3, 0.4) is 0 Å². The van der Waals surface area contributed by atoms with Gasteiger partial charge in [0.1, 0.15) is 0 Å². The fourth-order valence-electron chi connectivity index (χ4n) is 1.49. The summed E-state index contributed by atoms with van der Waals surface area (Å²) in [6.45, 7) is 0. The molecular weight excluding hydrogens is 275 g/mol. The van der Waals surface area contributed by atoms with Gasteiger partial charge in [0.15, 0.2) is 17.5 Å². The van der Waals surface area contributed by atoms with E-state index in [9.17, 15) is 18.0 Å². The van der Waals surface area contributed by atoms with Crippen LogP contribution in [0.4, 0.5) is 18.9 Å². The van der Waals surface area contributed by atoms with Crippen LogP contribution in [0.2, 0.25) is 0 Å². The molecule has 2 nitrogen and oxygen atoms in total. The second kappa shape index (κ2) is 5.36. The standard InChI is InChI=1S/C13H8F3NOS/c14-9-5-7(6-10(15)12(9)16)17-13(18)8-3-1-2-4-11(8)19/h1-6,19H,(H,17,18). The molecule has 0 fully saturated rings. The van der Waals surface area contributed by atoms with Gasteiger partial charge in [-0.2, -0.15) is 0 Å². The lowest BCUT2D eigenvalue weighted by Crippen LogP contribution is -2.13. The third-order valence-corrected chi connectivity index (χ3v) is 2.78. The number of rotatable bonds is 2. The summed E-state index contributed by atoms with van der Waals surface area (Å²) in [5.74, 6) is -4.90. The van der Waals surface area contributed by atoms with Gasteiger partial charge in [-0.3, -0.25) is 4.79 Å². The van der Waals surface area contributed by atoms with Crippen LogP contribution < -0.4 is 5.32 Å². The molecule has 0 saturated heterocycles. The molecule has 0 aromatic heterocycles. The average Bonchev–Trinajstić information content (AvgIpc) is 2.36. The van der Waals surface area contributed by atoms with Gasteiger partial charge >= 0.3 is 0 Å². The van der Waals surface area contributed by atoms with Crippen LogP contribution in [0.5, 0.6) is 0 Å². The number of carbonyl (C=O) groups excluding carboxylic acids is 1. The minimum absolute atomic E-state index is 0.169. The Balaban J connectivity index is 2.27. The van der Waals surface area contributed by atoms with Crippen molar-refractivity contribution in [1.29, 1.82) is 0 Å². The van der Waals surface area contributed by atoms with E-state index < -0.39 is 23.4 Å². The lowest BCUT2D eigenvalue weighted by molar-refractivity contribution is 0.102. The molecule has 2 rings (SSSR count). The SMILES string of the molecule is O=C(Nc1cc(F)c(F)c(F)c1)c1ccccc1S. The Bertz CT molecular complexity index is 623. The highest BCUT2D eigenvalue weighted by Gasteiger charge is 2.14. The Labute approximate surface area is 112 Å². The van der Waals surface area contributed by atoms with Crippen LogP contribution in [-0.4, -0.2) is 5.91 Å². The van der Waals surface area contributed by atoms with Crippen LogP contribution in [0, 0.1) is 17.5 Å². The number of thiol groups is 1. The summed E-state index contributed by atoms with van der Waals surface area (Å²) in [6.07, 6.45) is 0. The van der Waals surface area contributed by atoms with E-state index in [1.54, 1.807) is 18.2 Å². The molecule has 6 heteroatoms. The predicted molar refractivity (Wildman–Crippen MR) is 68.0 cm³/mol. The topological polar surface area (TPSA) is 29.1 Å². The highest BCUT2D eigenvalue weighted by molar-refractivity contribution is 7.80. The monoisotopic (exact) mass is 283 g/mol. The Morgan fingerprint density at radius 3 is 2.21 bits per heavy atom. The molecule has 0 heterocycles. The summed E-state index contributed by atoms with van der Waals surface area (Å²) in [6, 6.07) is 7.84. The number of benzene rings is 2. The molecule has 0 radical (unpaired) electrons. The molecule has 2 aromatic rings. The highest BCUT2D eigenvalue weighted by Crippen LogP contribution is 2.19. The molecule has 0 atom stereocenters. The molecule has 0 aliphatic heterocycles. The maximum Gasteiger partial charge on any atom is 0.256 e. The average molecular weight is 283 g/mol. The number of halogens is 3. The van der Waals surface area contributed by atoms with Gasteiger partial charge in [-0.15, -0.1) is 12.6 Å². The number of carbonyl (C=O) groups is 1. The van der Waals surface area contributed by atoms with Crippen molar-refractivity contribution in [2.24, 2.45) is 0 Å². The van der Waals surface area contributed by atoms with Crippen molar-refractivity contribution < 1.29 is 18.0 Å². The summed E-state index contributed by atoms with van der Waals surface area (Å²) >= 11 is 4.09. The second-order valence-corrected chi connectivity index (χ2v) is 4.21.